The van der Waals surface area contributed by atoms with Crippen LogP contribution in [0.3, 0.4) is 0 Å². The molecule has 190 valence electrons. The van der Waals surface area contributed by atoms with Crippen LogP contribution in [0.2, 0.25) is 0 Å². The zero-order chi connectivity index (χ0) is 25.8. The van der Waals surface area contributed by atoms with Gasteiger partial charge in [0.15, 0.2) is 0 Å². The minimum absolute atomic E-state index is 0.0197. The van der Waals surface area contributed by atoms with Crippen LogP contribution in [-0.4, -0.2) is 41.6 Å². The fraction of sp³-hybridized carbons (Fsp3) is 0.370. The highest BCUT2D eigenvalue weighted by Crippen LogP contribution is 2.32. The molecule has 1 aliphatic heterocycles. The summed E-state index contributed by atoms with van der Waals surface area (Å²) in [5, 5.41) is 12.6. The molecular formula is C27H28BrF2N3O3. The molecule has 1 fully saturated rings. The lowest BCUT2D eigenvalue weighted by molar-refractivity contribution is -0.137. The first-order chi connectivity index (χ1) is 17.3. The van der Waals surface area contributed by atoms with Crippen molar-refractivity contribution in [2.45, 2.75) is 44.9 Å². The van der Waals surface area contributed by atoms with E-state index in [2.05, 4.69) is 26.1 Å². The third kappa shape index (κ3) is 5.67. The first kappa shape index (κ1) is 26.0. The van der Waals surface area contributed by atoms with Gasteiger partial charge < -0.3 is 15.3 Å². The van der Waals surface area contributed by atoms with Crippen molar-refractivity contribution < 1.29 is 23.5 Å². The van der Waals surface area contributed by atoms with Gasteiger partial charge in [-0.05, 0) is 62.9 Å². The fourth-order valence-corrected chi connectivity index (χ4v) is 5.24. The number of piperidine rings is 1. The van der Waals surface area contributed by atoms with Crippen molar-refractivity contribution in [1.29, 1.82) is 0 Å². The number of carboxylic acids is 1. The number of nitrogens with zero attached hydrogens (tertiary/aromatic N) is 2. The number of aromatic nitrogens is 1. The van der Waals surface area contributed by atoms with Gasteiger partial charge in [-0.1, -0.05) is 22.0 Å². The first-order valence-corrected chi connectivity index (χ1v) is 12.8. The van der Waals surface area contributed by atoms with Crippen molar-refractivity contribution in [2.24, 2.45) is 0 Å². The lowest BCUT2D eigenvalue weighted by atomic mass is 9.92. The van der Waals surface area contributed by atoms with Crippen molar-refractivity contribution in [3.05, 3.63) is 69.2 Å². The van der Waals surface area contributed by atoms with Crippen LogP contribution >= 0.6 is 15.9 Å². The summed E-state index contributed by atoms with van der Waals surface area (Å²) in [6, 6.07) is 9.09. The molecule has 0 spiro atoms. The lowest BCUT2D eigenvalue weighted by Gasteiger charge is -2.30. The Bertz CT molecular complexity index is 1270. The number of hydrogen-bond acceptors (Lipinski definition) is 4. The van der Waals surface area contributed by atoms with E-state index in [1.54, 1.807) is 0 Å². The quantitative estimate of drug-likeness (QED) is 0.356. The van der Waals surface area contributed by atoms with Gasteiger partial charge in [-0.15, -0.1) is 0 Å². The average Bonchev–Trinajstić information content (AvgIpc) is 2.85. The molecule has 0 unspecified atom stereocenters. The Morgan fingerprint density at radius 2 is 1.83 bits per heavy atom. The van der Waals surface area contributed by atoms with Gasteiger partial charge >= 0.3 is 5.97 Å². The standard InChI is InChI=1S/C27H28BrF2N3O3/c1-16-24(19-14-18(28)9-10-22(19)32-26(16)33-12-3-2-4-13-33)27(36)31-15-17(8-11-23(34)35)25-20(29)6-5-7-21(25)30/h5-7,9-10,14,17H,2-4,8,11-13,15H2,1H3,(H,31,36)(H,34,35)/t17-/m1/s1. The molecule has 0 bridgehead atoms. The SMILES string of the molecule is Cc1c(N2CCCCC2)nc2ccc(Br)cc2c1C(=O)NC[C@@H](CCC(=O)O)c1c(F)cccc1F. The number of carbonyl (C=O) groups excluding carboxylic acids is 1. The molecule has 4 rings (SSSR count). The van der Waals surface area contributed by atoms with Crippen molar-refractivity contribution in [3.8, 4) is 0 Å². The number of aliphatic carboxylic acids is 1. The zero-order valence-corrected chi connectivity index (χ0v) is 21.6. The molecule has 3 aromatic rings. The Labute approximate surface area is 216 Å². The summed E-state index contributed by atoms with van der Waals surface area (Å²) >= 11 is 3.47. The maximum absolute atomic E-state index is 14.5. The van der Waals surface area contributed by atoms with E-state index in [9.17, 15) is 18.4 Å². The average molecular weight is 560 g/mol. The smallest absolute Gasteiger partial charge is 0.303 e. The predicted molar refractivity (Wildman–Crippen MR) is 139 cm³/mol. The van der Waals surface area contributed by atoms with E-state index in [-0.39, 0.29) is 24.9 Å². The van der Waals surface area contributed by atoms with Crippen molar-refractivity contribution in [2.75, 3.05) is 24.5 Å². The summed E-state index contributed by atoms with van der Waals surface area (Å²) in [5.41, 5.74) is 1.65. The summed E-state index contributed by atoms with van der Waals surface area (Å²) in [7, 11) is 0. The second-order valence-corrected chi connectivity index (χ2v) is 10.0. The van der Waals surface area contributed by atoms with Gasteiger partial charge in [0, 0.05) is 53.0 Å². The van der Waals surface area contributed by atoms with Crippen molar-refractivity contribution in [1.82, 2.24) is 10.3 Å². The molecule has 1 aliphatic rings. The second-order valence-electron chi connectivity index (χ2n) is 9.12. The molecule has 2 heterocycles. The van der Waals surface area contributed by atoms with Crippen LogP contribution in [0.4, 0.5) is 14.6 Å². The van der Waals surface area contributed by atoms with Gasteiger partial charge in [-0.2, -0.15) is 0 Å². The molecule has 1 atom stereocenters. The maximum atomic E-state index is 14.5. The predicted octanol–water partition coefficient (Wildman–Crippen LogP) is 5.95. The number of fused-ring (bicyclic) bond motifs is 1. The molecule has 0 aliphatic carbocycles. The van der Waals surface area contributed by atoms with E-state index in [4.69, 9.17) is 10.1 Å². The molecule has 0 radical (unpaired) electrons. The summed E-state index contributed by atoms with van der Waals surface area (Å²) in [5.74, 6) is -3.07. The van der Waals surface area contributed by atoms with Crippen LogP contribution in [0.5, 0.6) is 0 Å². The highest BCUT2D eigenvalue weighted by atomic mass is 79.9. The van der Waals surface area contributed by atoms with Crippen LogP contribution in [0, 0.1) is 18.6 Å². The molecular weight excluding hydrogens is 532 g/mol. The maximum Gasteiger partial charge on any atom is 0.303 e. The third-order valence-corrected chi connectivity index (χ3v) is 7.16. The highest BCUT2D eigenvalue weighted by Gasteiger charge is 2.25. The van der Waals surface area contributed by atoms with Crippen LogP contribution in [-0.2, 0) is 4.79 Å². The molecule has 2 aromatic carbocycles. The number of pyridine rings is 1. The Morgan fingerprint density at radius 3 is 2.50 bits per heavy atom. The van der Waals surface area contributed by atoms with E-state index in [1.807, 2.05) is 25.1 Å². The van der Waals surface area contributed by atoms with E-state index in [0.29, 0.717) is 16.5 Å². The van der Waals surface area contributed by atoms with Gasteiger partial charge in [-0.3, -0.25) is 9.59 Å². The molecule has 9 heteroatoms. The number of benzene rings is 2. The Hall–Kier alpha value is -3.07. The van der Waals surface area contributed by atoms with Gasteiger partial charge in [-0.25, -0.2) is 13.8 Å². The molecule has 1 amide bonds. The Balaban J connectivity index is 1.69. The van der Waals surface area contributed by atoms with Crippen LogP contribution in [0.1, 0.15) is 59.5 Å². The largest absolute Gasteiger partial charge is 0.481 e. The minimum Gasteiger partial charge on any atom is -0.481 e. The molecule has 1 saturated heterocycles. The zero-order valence-electron chi connectivity index (χ0n) is 20.0. The summed E-state index contributed by atoms with van der Waals surface area (Å²) < 4.78 is 29.9. The lowest BCUT2D eigenvalue weighted by Crippen LogP contribution is -2.33. The minimum atomic E-state index is -1.07. The topological polar surface area (TPSA) is 82.5 Å². The van der Waals surface area contributed by atoms with E-state index < -0.39 is 29.4 Å². The van der Waals surface area contributed by atoms with E-state index in [0.717, 1.165) is 60.3 Å². The number of nitrogens with one attached hydrogen (secondary N) is 1. The number of anilines is 1. The summed E-state index contributed by atoms with van der Waals surface area (Å²) in [4.78, 5) is 31.8. The van der Waals surface area contributed by atoms with Gasteiger partial charge in [0.2, 0.25) is 0 Å². The molecule has 6 nitrogen and oxygen atoms in total. The number of rotatable bonds is 8. The van der Waals surface area contributed by atoms with Crippen molar-refractivity contribution >= 4 is 44.5 Å². The van der Waals surface area contributed by atoms with Crippen LogP contribution in [0.15, 0.2) is 40.9 Å². The first-order valence-electron chi connectivity index (χ1n) is 12.0. The van der Waals surface area contributed by atoms with Gasteiger partial charge in [0.05, 0.1) is 11.1 Å². The second kappa shape index (κ2) is 11.3. The van der Waals surface area contributed by atoms with Crippen LogP contribution in [0.25, 0.3) is 10.9 Å². The third-order valence-electron chi connectivity index (χ3n) is 6.67. The molecule has 1 aromatic heterocycles. The van der Waals surface area contributed by atoms with E-state index >= 15 is 0 Å². The van der Waals surface area contributed by atoms with Gasteiger partial charge in [0.1, 0.15) is 17.5 Å². The van der Waals surface area contributed by atoms with Gasteiger partial charge in [0.25, 0.3) is 5.91 Å². The highest BCUT2D eigenvalue weighted by molar-refractivity contribution is 9.10. The number of amides is 1. The monoisotopic (exact) mass is 559 g/mol. The fourth-order valence-electron chi connectivity index (χ4n) is 4.88. The molecule has 2 N–H and O–H groups in total. The number of halogens is 3. The van der Waals surface area contributed by atoms with Crippen molar-refractivity contribution in [3.63, 3.8) is 0 Å². The van der Waals surface area contributed by atoms with Crippen LogP contribution < -0.4 is 10.2 Å². The number of carbonyl (C=O) groups is 2. The number of hydrogen-bond donors (Lipinski definition) is 2. The summed E-state index contributed by atoms with van der Waals surface area (Å²) in [6.07, 6.45) is 2.97. The molecule has 36 heavy (non-hydrogen) atoms. The Morgan fingerprint density at radius 1 is 1.14 bits per heavy atom. The van der Waals surface area contributed by atoms with E-state index in [1.165, 1.54) is 6.07 Å². The summed E-state index contributed by atoms with van der Waals surface area (Å²) in [6.45, 7) is 3.48. The Kier molecular flexibility index (Phi) is 8.18. The normalized spacial score (nSPS) is 14.6. The number of carboxylic acid groups (broad SMARTS) is 1. The molecule has 0 saturated carbocycles.